The molecule has 184 valence electrons. The number of fused-ring (bicyclic) bond motifs is 2. The van der Waals surface area contributed by atoms with Crippen molar-refractivity contribution in [2.45, 2.75) is 32.6 Å². The van der Waals surface area contributed by atoms with Crippen molar-refractivity contribution < 1.29 is 9.47 Å². The van der Waals surface area contributed by atoms with Gasteiger partial charge in [-0.1, -0.05) is 19.9 Å². The van der Waals surface area contributed by atoms with Crippen molar-refractivity contribution >= 4 is 40.4 Å². The molecule has 3 N–H and O–H groups in total. The predicted octanol–water partition coefficient (Wildman–Crippen LogP) is 2.73. The van der Waals surface area contributed by atoms with E-state index in [0.29, 0.717) is 28.0 Å². The molecule has 2 unspecified atom stereocenters. The number of nitrogens with zero attached hydrogens (tertiary/aromatic N) is 3. The van der Waals surface area contributed by atoms with Crippen LogP contribution in [-0.4, -0.2) is 46.6 Å². The van der Waals surface area contributed by atoms with Crippen molar-refractivity contribution in [1.29, 1.82) is 0 Å². The third-order valence-corrected chi connectivity index (χ3v) is 7.23. The molecule has 0 amide bonds. The van der Waals surface area contributed by atoms with E-state index in [9.17, 15) is 9.59 Å². The monoisotopic (exact) mass is 504 g/mol. The Labute approximate surface area is 211 Å². The number of H-pyrrole nitrogens is 2. The zero-order valence-corrected chi connectivity index (χ0v) is 21.0. The van der Waals surface area contributed by atoms with Crippen molar-refractivity contribution in [3.8, 4) is 11.5 Å². The Morgan fingerprint density at radius 1 is 0.972 bits per heavy atom. The van der Waals surface area contributed by atoms with Gasteiger partial charge in [0, 0.05) is 28.6 Å². The average Bonchev–Trinajstić information content (AvgIpc) is 2.80. The highest BCUT2D eigenvalue weighted by atomic mass is 32.1. The molecule has 1 aliphatic carbocycles. The smallest absolute Gasteiger partial charge is 0.327 e. The minimum Gasteiger partial charge on any atom is -0.493 e. The Bertz CT molecular complexity index is 1590. The molecule has 1 saturated carbocycles. The standard InChI is InChI=1S/C25H24N6O4S/c1-25(2)8-11-16-12(9-25)27-24(36)28-19(16)17-15(10-5-6-13(34-3)14(7-10)35-4)18-21(29-20(17)26-11)30-23(33)31-22(18)32/h5-7,15-16H,8-9H2,1-4H3,(H,28,36)(H2,30,31,32,33). The van der Waals surface area contributed by atoms with Gasteiger partial charge >= 0.3 is 5.69 Å². The van der Waals surface area contributed by atoms with Crippen LogP contribution in [0.2, 0.25) is 0 Å². The molecule has 0 spiro atoms. The number of hydrogen-bond acceptors (Lipinski definition) is 7. The van der Waals surface area contributed by atoms with Gasteiger partial charge in [-0.05, 0) is 48.2 Å². The van der Waals surface area contributed by atoms with Crippen molar-refractivity contribution in [2.24, 2.45) is 26.3 Å². The zero-order chi connectivity index (χ0) is 25.4. The first-order valence-corrected chi connectivity index (χ1v) is 12.0. The SMILES string of the molecule is COc1ccc(C2C3=C4NC(=S)N=C5CC(C)(C)CC(=NC3=Nc3[nH]c(=O)[nH]c(=O)c32)C54)cc1OC. The molecule has 36 heavy (non-hydrogen) atoms. The molecule has 2 atom stereocenters. The van der Waals surface area contributed by atoms with Gasteiger partial charge in [0.1, 0.15) is 5.82 Å². The molecule has 1 aromatic heterocycles. The Morgan fingerprint density at radius 3 is 2.42 bits per heavy atom. The second-order valence-electron chi connectivity index (χ2n) is 10.1. The number of benzene rings is 1. The molecule has 0 radical (unpaired) electrons. The lowest BCUT2D eigenvalue weighted by Crippen LogP contribution is -2.50. The van der Waals surface area contributed by atoms with Crippen LogP contribution in [0.25, 0.3) is 0 Å². The number of nitrogens with one attached hydrogen (secondary N) is 3. The molecule has 4 heterocycles. The summed E-state index contributed by atoms with van der Waals surface area (Å²) >= 11 is 5.53. The fraction of sp³-hybridized carbons (Fsp3) is 0.360. The molecule has 10 nitrogen and oxygen atoms in total. The van der Waals surface area contributed by atoms with Gasteiger partial charge in [-0.3, -0.25) is 14.8 Å². The molecular formula is C25H24N6O4S. The van der Waals surface area contributed by atoms with Crippen LogP contribution in [0.5, 0.6) is 11.5 Å². The first kappa shape index (κ1) is 22.6. The van der Waals surface area contributed by atoms with Crippen molar-refractivity contribution in [2.75, 3.05) is 14.2 Å². The van der Waals surface area contributed by atoms with Gasteiger partial charge in [-0.25, -0.2) is 19.8 Å². The summed E-state index contributed by atoms with van der Waals surface area (Å²) in [6.07, 6.45) is 1.55. The van der Waals surface area contributed by atoms with E-state index in [4.69, 9.17) is 26.7 Å². The number of rotatable bonds is 3. The summed E-state index contributed by atoms with van der Waals surface area (Å²) in [6, 6.07) is 5.49. The van der Waals surface area contributed by atoms with Crippen LogP contribution in [-0.2, 0) is 0 Å². The Kier molecular flexibility index (Phi) is 4.91. The van der Waals surface area contributed by atoms with E-state index in [2.05, 4.69) is 39.1 Å². The second-order valence-corrected chi connectivity index (χ2v) is 10.5. The normalized spacial score (nSPS) is 23.3. The Morgan fingerprint density at radius 2 is 1.69 bits per heavy atom. The molecule has 1 fully saturated rings. The minimum absolute atomic E-state index is 0.0366. The van der Waals surface area contributed by atoms with E-state index in [1.165, 1.54) is 0 Å². The Hall–Kier alpha value is -3.86. The van der Waals surface area contributed by atoms with Crippen LogP contribution in [0.15, 0.2) is 54.0 Å². The van der Waals surface area contributed by atoms with Crippen LogP contribution in [0.1, 0.15) is 43.7 Å². The summed E-state index contributed by atoms with van der Waals surface area (Å²) < 4.78 is 11.0. The molecule has 11 heteroatoms. The fourth-order valence-corrected chi connectivity index (χ4v) is 5.92. The topological polar surface area (TPSA) is 133 Å². The molecule has 3 aliphatic heterocycles. The first-order valence-electron chi connectivity index (χ1n) is 11.6. The quantitative estimate of drug-likeness (QED) is 0.551. The van der Waals surface area contributed by atoms with Crippen molar-refractivity contribution in [3.05, 3.63) is 61.4 Å². The highest BCUT2D eigenvalue weighted by Crippen LogP contribution is 2.48. The summed E-state index contributed by atoms with van der Waals surface area (Å²) in [5, 5.41) is 3.68. The lowest BCUT2D eigenvalue weighted by molar-refractivity contribution is 0.354. The molecule has 0 bridgehead atoms. The number of thiocarbonyl (C=S) groups is 1. The lowest BCUT2D eigenvalue weighted by Gasteiger charge is -2.44. The van der Waals surface area contributed by atoms with Gasteiger partial charge in [0.25, 0.3) is 5.56 Å². The van der Waals surface area contributed by atoms with Crippen LogP contribution in [0, 0.1) is 11.3 Å². The third-order valence-electron chi connectivity index (χ3n) is 7.04. The maximum atomic E-state index is 13.2. The molecule has 0 saturated heterocycles. The molecule has 6 rings (SSSR count). The number of allylic oxidation sites excluding steroid dienone is 1. The number of dihydropyridines is 1. The number of hydrogen-bond donors (Lipinski definition) is 3. The van der Waals surface area contributed by atoms with Gasteiger partial charge in [0.05, 0.1) is 25.7 Å². The van der Waals surface area contributed by atoms with E-state index in [-0.39, 0.29) is 17.2 Å². The maximum absolute atomic E-state index is 13.2. The third kappa shape index (κ3) is 3.37. The highest BCUT2D eigenvalue weighted by Gasteiger charge is 2.47. The van der Waals surface area contributed by atoms with Gasteiger partial charge < -0.3 is 14.8 Å². The summed E-state index contributed by atoms with van der Waals surface area (Å²) in [5.41, 5.74) is 3.36. The highest BCUT2D eigenvalue weighted by molar-refractivity contribution is 7.80. The summed E-state index contributed by atoms with van der Waals surface area (Å²) in [6.45, 7) is 4.36. The number of methoxy groups -OCH3 is 2. The summed E-state index contributed by atoms with van der Waals surface area (Å²) in [5.74, 6) is 0.944. The largest absolute Gasteiger partial charge is 0.493 e. The van der Waals surface area contributed by atoms with E-state index < -0.39 is 17.2 Å². The first-order chi connectivity index (χ1) is 17.2. The zero-order valence-electron chi connectivity index (χ0n) is 20.2. The minimum atomic E-state index is -0.628. The van der Waals surface area contributed by atoms with E-state index in [1.807, 2.05) is 12.1 Å². The number of ether oxygens (including phenoxy) is 2. The molecule has 4 aliphatic rings. The van der Waals surface area contributed by atoms with Crippen LogP contribution < -0.4 is 26.0 Å². The van der Waals surface area contributed by atoms with Crippen molar-refractivity contribution in [1.82, 2.24) is 15.3 Å². The van der Waals surface area contributed by atoms with E-state index in [0.717, 1.165) is 41.1 Å². The predicted molar refractivity (Wildman–Crippen MR) is 140 cm³/mol. The van der Waals surface area contributed by atoms with Gasteiger partial charge in [0.15, 0.2) is 22.4 Å². The van der Waals surface area contributed by atoms with E-state index in [1.54, 1.807) is 20.3 Å². The van der Waals surface area contributed by atoms with Gasteiger partial charge in [-0.2, -0.15) is 0 Å². The van der Waals surface area contributed by atoms with Crippen LogP contribution in [0.4, 0.5) is 5.82 Å². The maximum Gasteiger partial charge on any atom is 0.327 e. The summed E-state index contributed by atoms with van der Waals surface area (Å²) in [7, 11) is 3.12. The number of amidine groups is 1. The summed E-state index contributed by atoms with van der Waals surface area (Å²) in [4.78, 5) is 44.7. The number of aliphatic imine (C=N–C) groups is 3. The molecular weight excluding hydrogens is 480 g/mol. The average molecular weight is 505 g/mol. The lowest BCUT2D eigenvalue weighted by atomic mass is 9.66. The molecule has 2 aromatic rings. The fourth-order valence-electron chi connectivity index (χ4n) is 5.69. The van der Waals surface area contributed by atoms with Gasteiger partial charge in [0.2, 0.25) is 0 Å². The van der Waals surface area contributed by atoms with Crippen LogP contribution in [0.3, 0.4) is 0 Å². The van der Waals surface area contributed by atoms with Crippen molar-refractivity contribution in [3.63, 3.8) is 0 Å². The molecule has 1 aromatic carbocycles. The van der Waals surface area contributed by atoms with Gasteiger partial charge in [-0.15, -0.1) is 0 Å². The number of aromatic amines is 2. The Balaban J connectivity index is 1.67. The van der Waals surface area contributed by atoms with Crippen LogP contribution >= 0.6 is 12.2 Å². The van der Waals surface area contributed by atoms with E-state index >= 15 is 0 Å². The second kappa shape index (κ2) is 7.82. The number of aromatic nitrogens is 2.